The van der Waals surface area contributed by atoms with Crippen LogP contribution in [-0.4, -0.2) is 29.2 Å². The highest BCUT2D eigenvalue weighted by molar-refractivity contribution is 5.90. The summed E-state index contributed by atoms with van der Waals surface area (Å²) in [7, 11) is 0. The normalized spacial score (nSPS) is 20.5. The molecule has 1 aliphatic rings. The van der Waals surface area contributed by atoms with E-state index in [4.69, 9.17) is 0 Å². The fourth-order valence-electron chi connectivity index (χ4n) is 1.81. The molecule has 2 rings (SSSR count). The highest BCUT2D eigenvalue weighted by Crippen LogP contribution is 2.14. The second kappa shape index (κ2) is 4.44. The van der Waals surface area contributed by atoms with Crippen LogP contribution in [0, 0.1) is 12.8 Å². The number of H-pyrrole nitrogens is 1. The minimum Gasteiger partial charge on any atom is -0.316 e. The number of anilines is 1. The van der Waals surface area contributed by atoms with Gasteiger partial charge in [0.15, 0.2) is 0 Å². The van der Waals surface area contributed by atoms with Gasteiger partial charge in [-0.3, -0.25) is 9.89 Å². The summed E-state index contributed by atoms with van der Waals surface area (Å²) in [5.74, 6) is 1.26. The monoisotopic (exact) mass is 208 g/mol. The smallest absolute Gasteiger partial charge is 0.225 e. The maximum absolute atomic E-state index is 11.6. The molecular formula is C10H16N4O. The summed E-state index contributed by atoms with van der Waals surface area (Å²) in [5.41, 5.74) is 0.966. The Morgan fingerprint density at radius 2 is 2.60 bits per heavy atom. The van der Waals surface area contributed by atoms with E-state index in [1.165, 1.54) is 0 Å². The second-order valence-electron chi connectivity index (χ2n) is 4.04. The molecule has 0 radical (unpaired) electrons. The Kier molecular flexibility index (Phi) is 3.01. The lowest BCUT2D eigenvalue weighted by Crippen LogP contribution is -2.18. The molecule has 1 fully saturated rings. The molecule has 1 aliphatic heterocycles. The number of carbonyl (C=O) groups excluding carboxylic acids is 1. The number of aromatic amines is 1. The van der Waals surface area contributed by atoms with Gasteiger partial charge in [0, 0.05) is 12.0 Å². The van der Waals surface area contributed by atoms with Gasteiger partial charge in [-0.15, -0.1) is 0 Å². The van der Waals surface area contributed by atoms with Crippen LogP contribution in [0.5, 0.6) is 0 Å². The van der Waals surface area contributed by atoms with Gasteiger partial charge in [-0.25, -0.2) is 0 Å². The second-order valence-corrected chi connectivity index (χ2v) is 4.04. The van der Waals surface area contributed by atoms with Gasteiger partial charge in [-0.2, -0.15) is 5.10 Å². The largest absolute Gasteiger partial charge is 0.316 e. The third-order valence-corrected chi connectivity index (χ3v) is 2.73. The van der Waals surface area contributed by atoms with E-state index in [9.17, 15) is 4.79 Å². The van der Waals surface area contributed by atoms with Crippen molar-refractivity contribution in [3.8, 4) is 0 Å². The molecule has 5 nitrogen and oxygen atoms in total. The van der Waals surface area contributed by atoms with Crippen molar-refractivity contribution in [3.63, 3.8) is 0 Å². The third kappa shape index (κ3) is 2.56. The first kappa shape index (κ1) is 10.2. The number of aromatic nitrogens is 2. The Bertz CT molecular complexity index is 341. The first-order valence-corrected chi connectivity index (χ1v) is 5.26. The summed E-state index contributed by atoms with van der Waals surface area (Å²) < 4.78 is 0. The molecule has 0 spiro atoms. The minimum absolute atomic E-state index is 0.0658. The van der Waals surface area contributed by atoms with Gasteiger partial charge in [0.05, 0.1) is 6.20 Å². The lowest BCUT2D eigenvalue weighted by molar-refractivity contribution is -0.117. The van der Waals surface area contributed by atoms with Crippen LogP contribution in [0.3, 0.4) is 0 Å². The molecule has 1 aromatic heterocycles. The van der Waals surface area contributed by atoms with Gasteiger partial charge in [0.2, 0.25) is 5.91 Å². The SMILES string of the molecule is Cc1cn[nH]c1NC(=O)CC1CCNC1. The fourth-order valence-corrected chi connectivity index (χ4v) is 1.81. The standard InChI is InChI=1S/C10H16N4O/c1-7-5-12-14-10(7)13-9(15)4-8-2-3-11-6-8/h5,8,11H,2-4,6H2,1H3,(H2,12,13,14,15). The average molecular weight is 208 g/mol. The Hall–Kier alpha value is -1.36. The zero-order valence-electron chi connectivity index (χ0n) is 8.84. The summed E-state index contributed by atoms with van der Waals surface area (Å²) in [6.45, 7) is 3.90. The number of nitrogens with zero attached hydrogens (tertiary/aromatic N) is 1. The molecule has 1 atom stereocenters. The number of nitrogens with one attached hydrogen (secondary N) is 3. The molecule has 1 unspecified atom stereocenters. The zero-order valence-corrected chi connectivity index (χ0v) is 8.84. The number of carbonyl (C=O) groups is 1. The van der Waals surface area contributed by atoms with Crippen LogP contribution < -0.4 is 10.6 Å². The number of hydrogen-bond donors (Lipinski definition) is 3. The molecule has 0 saturated carbocycles. The van der Waals surface area contributed by atoms with E-state index in [0.717, 1.165) is 25.1 Å². The van der Waals surface area contributed by atoms with Crippen LogP contribution in [0.1, 0.15) is 18.4 Å². The summed E-state index contributed by atoms with van der Waals surface area (Å²) in [6, 6.07) is 0. The molecule has 82 valence electrons. The molecule has 15 heavy (non-hydrogen) atoms. The maximum Gasteiger partial charge on any atom is 0.225 e. The van der Waals surface area contributed by atoms with Crippen LogP contribution in [0.25, 0.3) is 0 Å². The van der Waals surface area contributed by atoms with Crippen molar-refractivity contribution in [1.29, 1.82) is 0 Å². The van der Waals surface area contributed by atoms with Gasteiger partial charge < -0.3 is 10.6 Å². The van der Waals surface area contributed by atoms with Crippen LogP contribution in [-0.2, 0) is 4.79 Å². The minimum atomic E-state index is 0.0658. The number of amides is 1. The van der Waals surface area contributed by atoms with Gasteiger partial charge >= 0.3 is 0 Å². The maximum atomic E-state index is 11.6. The molecule has 1 amide bonds. The molecule has 0 bridgehead atoms. The molecule has 2 heterocycles. The van der Waals surface area contributed by atoms with E-state index in [1.54, 1.807) is 6.20 Å². The lowest BCUT2D eigenvalue weighted by atomic mass is 10.0. The van der Waals surface area contributed by atoms with Crippen molar-refractivity contribution in [2.24, 2.45) is 5.92 Å². The predicted molar refractivity (Wildman–Crippen MR) is 57.5 cm³/mol. The van der Waals surface area contributed by atoms with E-state index in [0.29, 0.717) is 18.2 Å². The molecule has 5 heteroatoms. The van der Waals surface area contributed by atoms with Crippen molar-refractivity contribution in [2.45, 2.75) is 19.8 Å². The quantitative estimate of drug-likeness (QED) is 0.683. The summed E-state index contributed by atoms with van der Waals surface area (Å²) in [4.78, 5) is 11.6. The molecule has 3 N–H and O–H groups in total. The van der Waals surface area contributed by atoms with Crippen LogP contribution >= 0.6 is 0 Å². The summed E-state index contributed by atoms with van der Waals surface area (Å²) in [6.07, 6.45) is 3.38. The van der Waals surface area contributed by atoms with Crippen LogP contribution in [0.4, 0.5) is 5.82 Å². The highest BCUT2D eigenvalue weighted by atomic mass is 16.1. The number of aryl methyl sites for hydroxylation is 1. The van der Waals surface area contributed by atoms with Crippen LogP contribution in [0.2, 0.25) is 0 Å². The van der Waals surface area contributed by atoms with Gasteiger partial charge in [-0.05, 0) is 32.4 Å². The Morgan fingerprint density at radius 1 is 1.73 bits per heavy atom. The van der Waals surface area contributed by atoms with Crippen molar-refractivity contribution < 1.29 is 4.79 Å². The lowest BCUT2D eigenvalue weighted by Gasteiger charge is -2.08. The Labute approximate surface area is 88.6 Å². The molecular weight excluding hydrogens is 192 g/mol. The summed E-state index contributed by atoms with van der Waals surface area (Å²) in [5, 5.41) is 12.7. The van der Waals surface area contributed by atoms with E-state index in [-0.39, 0.29) is 5.91 Å². The van der Waals surface area contributed by atoms with Crippen LogP contribution in [0.15, 0.2) is 6.20 Å². The zero-order chi connectivity index (χ0) is 10.7. The van der Waals surface area contributed by atoms with Crippen molar-refractivity contribution in [1.82, 2.24) is 15.5 Å². The Morgan fingerprint density at radius 3 is 3.20 bits per heavy atom. The van der Waals surface area contributed by atoms with Gasteiger partial charge in [-0.1, -0.05) is 0 Å². The average Bonchev–Trinajstić information content (AvgIpc) is 2.79. The van der Waals surface area contributed by atoms with Crippen molar-refractivity contribution >= 4 is 11.7 Å². The van der Waals surface area contributed by atoms with Gasteiger partial charge in [0.1, 0.15) is 5.82 Å². The summed E-state index contributed by atoms with van der Waals surface area (Å²) >= 11 is 0. The predicted octanol–water partition coefficient (Wildman–Crippen LogP) is 0.656. The van der Waals surface area contributed by atoms with Gasteiger partial charge in [0.25, 0.3) is 0 Å². The highest BCUT2D eigenvalue weighted by Gasteiger charge is 2.18. The van der Waals surface area contributed by atoms with E-state index in [1.807, 2.05) is 6.92 Å². The topological polar surface area (TPSA) is 69.8 Å². The number of rotatable bonds is 3. The molecule has 0 aliphatic carbocycles. The van der Waals surface area contributed by atoms with E-state index < -0.39 is 0 Å². The third-order valence-electron chi connectivity index (χ3n) is 2.73. The molecule has 1 saturated heterocycles. The molecule has 0 aromatic carbocycles. The Balaban J connectivity index is 1.84. The fraction of sp³-hybridized carbons (Fsp3) is 0.600. The van der Waals surface area contributed by atoms with E-state index >= 15 is 0 Å². The van der Waals surface area contributed by atoms with E-state index in [2.05, 4.69) is 20.8 Å². The first-order chi connectivity index (χ1) is 7.25. The molecule has 1 aromatic rings. The van der Waals surface area contributed by atoms with Crippen molar-refractivity contribution in [3.05, 3.63) is 11.8 Å². The number of hydrogen-bond acceptors (Lipinski definition) is 3. The van der Waals surface area contributed by atoms with Crippen molar-refractivity contribution in [2.75, 3.05) is 18.4 Å². The first-order valence-electron chi connectivity index (χ1n) is 5.26.